The first-order chi connectivity index (χ1) is 12.6. The molecular formula is C20H19NO3S2. The van der Waals surface area contributed by atoms with Gasteiger partial charge in [0.05, 0.1) is 24.8 Å². The quantitative estimate of drug-likeness (QED) is 0.552. The lowest BCUT2D eigenvalue weighted by Gasteiger charge is -2.15. The molecule has 26 heavy (non-hydrogen) atoms. The number of carbonyl (C=O) groups is 1. The molecule has 0 unspecified atom stereocenters. The first-order valence-electron chi connectivity index (χ1n) is 8.17. The van der Waals surface area contributed by atoms with Gasteiger partial charge in [-0.3, -0.25) is 9.69 Å². The number of hydrogen-bond acceptors (Lipinski definition) is 5. The van der Waals surface area contributed by atoms with Gasteiger partial charge in [0.2, 0.25) is 0 Å². The van der Waals surface area contributed by atoms with Crippen molar-refractivity contribution >= 4 is 46.0 Å². The van der Waals surface area contributed by atoms with Crippen LogP contribution in [0.15, 0.2) is 47.4 Å². The predicted octanol–water partition coefficient (Wildman–Crippen LogP) is 4.67. The summed E-state index contributed by atoms with van der Waals surface area (Å²) in [4.78, 5) is 15.0. The van der Waals surface area contributed by atoms with Crippen LogP contribution in [-0.4, -0.2) is 24.4 Å². The number of hydrogen-bond donors (Lipinski definition) is 0. The molecule has 1 amide bonds. The zero-order valence-corrected chi connectivity index (χ0v) is 16.4. The third-order valence-corrected chi connectivity index (χ3v) is 5.42. The number of nitrogens with zero attached hydrogens (tertiary/aromatic N) is 1. The molecule has 2 aromatic carbocycles. The van der Waals surface area contributed by atoms with Crippen molar-refractivity contribution in [2.75, 3.05) is 19.1 Å². The Labute approximate surface area is 162 Å². The van der Waals surface area contributed by atoms with Crippen LogP contribution in [0.2, 0.25) is 0 Å². The summed E-state index contributed by atoms with van der Waals surface area (Å²) >= 11 is 6.72. The highest BCUT2D eigenvalue weighted by atomic mass is 32.2. The molecule has 1 aliphatic heterocycles. The van der Waals surface area contributed by atoms with Crippen molar-refractivity contribution < 1.29 is 14.3 Å². The van der Waals surface area contributed by atoms with Crippen LogP contribution in [0.4, 0.5) is 5.69 Å². The summed E-state index contributed by atoms with van der Waals surface area (Å²) in [6, 6.07) is 13.4. The van der Waals surface area contributed by atoms with Crippen molar-refractivity contribution in [3.05, 3.63) is 58.5 Å². The van der Waals surface area contributed by atoms with E-state index in [0.717, 1.165) is 17.7 Å². The van der Waals surface area contributed by atoms with E-state index in [4.69, 9.17) is 21.7 Å². The highest BCUT2D eigenvalue weighted by molar-refractivity contribution is 8.27. The molecule has 0 N–H and O–H groups in total. The van der Waals surface area contributed by atoms with Crippen molar-refractivity contribution in [3.8, 4) is 11.5 Å². The van der Waals surface area contributed by atoms with E-state index in [9.17, 15) is 4.79 Å². The average molecular weight is 386 g/mol. The molecule has 1 aliphatic rings. The van der Waals surface area contributed by atoms with Gasteiger partial charge in [0, 0.05) is 5.56 Å². The minimum absolute atomic E-state index is 0.130. The van der Waals surface area contributed by atoms with Crippen LogP contribution in [0.5, 0.6) is 11.5 Å². The van der Waals surface area contributed by atoms with Gasteiger partial charge in [0.15, 0.2) is 15.8 Å². The maximum absolute atomic E-state index is 12.9. The van der Waals surface area contributed by atoms with Crippen molar-refractivity contribution in [2.24, 2.45) is 0 Å². The third-order valence-electron chi connectivity index (χ3n) is 4.12. The fraction of sp³-hybridized carbons (Fsp3) is 0.200. The van der Waals surface area contributed by atoms with E-state index in [0.29, 0.717) is 20.7 Å². The van der Waals surface area contributed by atoms with E-state index < -0.39 is 0 Å². The van der Waals surface area contributed by atoms with Gasteiger partial charge in [0.25, 0.3) is 5.91 Å². The Hall–Kier alpha value is -2.31. The number of thioether (sulfide) groups is 1. The molecule has 3 rings (SSSR count). The van der Waals surface area contributed by atoms with E-state index in [1.165, 1.54) is 17.3 Å². The fourth-order valence-electron chi connectivity index (χ4n) is 2.74. The van der Waals surface area contributed by atoms with Gasteiger partial charge < -0.3 is 9.47 Å². The van der Waals surface area contributed by atoms with Gasteiger partial charge in [-0.2, -0.15) is 0 Å². The summed E-state index contributed by atoms with van der Waals surface area (Å²) < 4.78 is 11.3. The molecule has 0 saturated carbocycles. The minimum Gasteiger partial charge on any atom is -0.493 e. The second kappa shape index (κ2) is 7.93. The molecule has 1 heterocycles. The highest BCUT2D eigenvalue weighted by Crippen LogP contribution is 2.39. The van der Waals surface area contributed by atoms with E-state index in [-0.39, 0.29) is 5.91 Å². The van der Waals surface area contributed by atoms with Gasteiger partial charge in [-0.25, -0.2) is 0 Å². The van der Waals surface area contributed by atoms with Crippen molar-refractivity contribution in [2.45, 2.75) is 13.3 Å². The number of rotatable bonds is 5. The minimum atomic E-state index is -0.130. The maximum Gasteiger partial charge on any atom is 0.270 e. The van der Waals surface area contributed by atoms with Crippen LogP contribution in [-0.2, 0) is 11.2 Å². The Balaban J connectivity index is 1.95. The Morgan fingerprint density at radius 2 is 1.85 bits per heavy atom. The second-order valence-electron chi connectivity index (χ2n) is 5.62. The SMILES string of the molecule is CCc1ccc(N2C(=O)/C(=C/c3cccc(OC)c3OC)SC2=S)cc1. The predicted molar refractivity (Wildman–Crippen MR) is 111 cm³/mol. The fourth-order valence-corrected chi connectivity index (χ4v) is 4.03. The van der Waals surface area contributed by atoms with Crippen LogP contribution in [0.3, 0.4) is 0 Å². The Bertz CT molecular complexity index is 875. The molecule has 134 valence electrons. The number of para-hydroxylation sites is 1. The summed E-state index contributed by atoms with van der Waals surface area (Å²) in [6.07, 6.45) is 2.75. The lowest BCUT2D eigenvalue weighted by molar-refractivity contribution is -0.113. The molecule has 0 spiro atoms. The number of aryl methyl sites for hydroxylation is 1. The summed E-state index contributed by atoms with van der Waals surface area (Å²) in [5.74, 6) is 1.08. The van der Waals surface area contributed by atoms with Gasteiger partial charge in [-0.05, 0) is 36.3 Å². The van der Waals surface area contributed by atoms with Gasteiger partial charge in [-0.15, -0.1) is 0 Å². The molecule has 0 radical (unpaired) electrons. The molecule has 4 nitrogen and oxygen atoms in total. The lowest BCUT2D eigenvalue weighted by atomic mass is 10.1. The van der Waals surface area contributed by atoms with Crippen LogP contribution < -0.4 is 14.4 Å². The molecule has 2 aromatic rings. The largest absolute Gasteiger partial charge is 0.493 e. The third kappa shape index (κ3) is 3.48. The van der Waals surface area contributed by atoms with Crippen molar-refractivity contribution in [1.29, 1.82) is 0 Å². The Morgan fingerprint density at radius 3 is 2.46 bits per heavy atom. The normalized spacial score (nSPS) is 15.7. The van der Waals surface area contributed by atoms with Crippen LogP contribution in [0.1, 0.15) is 18.1 Å². The smallest absolute Gasteiger partial charge is 0.270 e. The summed E-state index contributed by atoms with van der Waals surface area (Å²) in [5.41, 5.74) is 2.77. The van der Waals surface area contributed by atoms with E-state index >= 15 is 0 Å². The summed E-state index contributed by atoms with van der Waals surface area (Å²) in [5, 5.41) is 0. The molecule has 1 fully saturated rings. The zero-order valence-electron chi connectivity index (χ0n) is 14.8. The van der Waals surface area contributed by atoms with Crippen LogP contribution in [0.25, 0.3) is 6.08 Å². The highest BCUT2D eigenvalue weighted by Gasteiger charge is 2.33. The standard InChI is InChI=1S/C20H19NO3S2/c1-4-13-8-10-15(11-9-13)21-19(22)17(26-20(21)25)12-14-6-5-7-16(23-2)18(14)24-3/h5-12H,4H2,1-3H3/b17-12-. The molecular weight excluding hydrogens is 366 g/mol. The first kappa shape index (κ1) is 18.5. The molecule has 6 heteroatoms. The molecule has 0 aromatic heterocycles. The van der Waals surface area contributed by atoms with Gasteiger partial charge >= 0.3 is 0 Å². The van der Waals surface area contributed by atoms with Crippen molar-refractivity contribution in [1.82, 2.24) is 0 Å². The van der Waals surface area contributed by atoms with Crippen molar-refractivity contribution in [3.63, 3.8) is 0 Å². The maximum atomic E-state index is 12.9. The Kier molecular flexibility index (Phi) is 5.64. The first-order valence-corrected chi connectivity index (χ1v) is 9.39. The summed E-state index contributed by atoms with van der Waals surface area (Å²) in [6.45, 7) is 2.10. The van der Waals surface area contributed by atoms with E-state index in [2.05, 4.69) is 6.92 Å². The van der Waals surface area contributed by atoms with Gasteiger partial charge in [0.1, 0.15) is 0 Å². The number of benzene rings is 2. The van der Waals surface area contributed by atoms with Crippen LogP contribution in [0, 0.1) is 0 Å². The topological polar surface area (TPSA) is 38.8 Å². The lowest BCUT2D eigenvalue weighted by Crippen LogP contribution is -2.27. The number of ether oxygens (including phenoxy) is 2. The second-order valence-corrected chi connectivity index (χ2v) is 7.30. The van der Waals surface area contributed by atoms with E-state index in [1.807, 2.05) is 42.5 Å². The molecule has 0 bridgehead atoms. The molecule has 1 saturated heterocycles. The average Bonchev–Trinajstić information content (AvgIpc) is 2.94. The summed E-state index contributed by atoms with van der Waals surface area (Å²) in [7, 11) is 3.16. The number of methoxy groups -OCH3 is 2. The monoisotopic (exact) mass is 385 g/mol. The van der Waals surface area contributed by atoms with Gasteiger partial charge in [-0.1, -0.05) is 55.2 Å². The van der Waals surface area contributed by atoms with Crippen LogP contribution >= 0.6 is 24.0 Å². The molecule has 0 atom stereocenters. The molecule has 0 aliphatic carbocycles. The zero-order chi connectivity index (χ0) is 18.7. The number of amides is 1. The number of thiocarbonyl (C=S) groups is 1. The number of anilines is 1. The van der Waals surface area contributed by atoms with E-state index in [1.54, 1.807) is 25.2 Å². The number of carbonyl (C=O) groups excluding carboxylic acids is 1. The Morgan fingerprint density at radius 1 is 1.12 bits per heavy atom.